The Morgan fingerprint density at radius 1 is 1.46 bits per heavy atom. The van der Waals surface area contributed by atoms with E-state index in [1.165, 1.54) is 19.3 Å². The van der Waals surface area contributed by atoms with Crippen LogP contribution in [0.25, 0.3) is 0 Å². The van der Waals surface area contributed by atoms with Gasteiger partial charge in [-0.05, 0) is 18.8 Å². The molecule has 4 heteroatoms. The largest absolute Gasteiger partial charge is 0.465 e. The first kappa shape index (κ1) is 10.3. The Labute approximate surface area is 78.5 Å². The zero-order valence-corrected chi connectivity index (χ0v) is 7.83. The van der Waals surface area contributed by atoms with Crippen LogP contribution in [0.4, 0.5) is 4.79 Å². The molecular formula is C9H18N2O2. The number of carbonyl (C=O) groups is 1. The molecule has 1 fully saturated rings. The minimum Gasteiger partial charge on any atom is -0.465 e. The SMILES string of the molecule is NC(CNC(=O)O)C1CCCCC1. The van der Waals surface area contributed by atoms with Crippen LogP contribution >= 0.6 is 0 Å². The van der Waals surface area contributed by atoms with Crippen LogP contribution in [0.15, 0.2) is 0 Å². The first-order valence-electron chi connectivity index (χ1n) is 4.92. The van der Waals surface area contributed by atoms with Gasteiger partial charge in [0, 0.05) is 12.6 Å². The molecule has 0 heterocycles. The van der Waals surface area contributed by atoms with Crippen LogP contribution in [0.5, 0.6) is 0 Å². The molecular weight excluding hydrogens is 168 g/mol. The van der Waals surface area contributed by atoms with Crippen molar-refractivity contribution in [1.29, 1.82) is 0 Å². The second-order valence-corrected chi connectivity index (χ2v) is 3.75. The van der Waals surface area contributed by atoms with Crippen molar-refractivity contribution in [2.45, 2.75) is 38.1 Å². The fourth-order valence-corrected chi connectivity index (χ4v) is 1.93. The Morgan fingerprint density at radius 2 is 2.08 bits per heavy atom. The van der Waals surface area contributed by atoms with Gasteiger partial charge in [-0.15, -0.1) is 0 Å². The second kappa shape index (κ2) is 5.07. The number of carboxylic acid groups (broad SMARTS) is 1. The van der Waals surface area contributed by atoms with Crippen LogP contribution in [0.1, 0.15) is 32.1 Å². The Balaban J connectivity index is 2.20. The standard InChI is InChI=1S/C9H18N2O2/c10-8(6-11-9(12)13)7-4-2-1-3-5-7/h7-8,11H,1-6,10H2,(H,12,13). The lowest BCUT2D eigenvalue weighted by Crippen LogP contribution is -2.42. The number of rotatable bonds is 3. The fraction of sp³-hybridized carbons (Fsp3) is 0.889. The molecule has 0 saturated heterocycles. The van der Waals surface area contributed by atoms with Crippen LogP contribution in [0, 0.1) is 5.92 Å². The van der Waals surface area contributed by atoms with Gasteiger partial charge in [-0.1, -0.05) is 19.3 Å². The third kappa shape index (κ3) is 3.63. The highest BCUT2D eigenvalue weighted by Crippen LogP contribution is 2.25. The Bertz CT molecular complexity index is 167. The minimum absolute atomic E-state index is 0.00333. The molecule has 0 aliphatic heterocycles. The van der Waals surface area contributed by atoms with E-state index in [-0.39, 0.29) is 6.04 Å². The first-order chi connectivity index (χ1) is 6.20. The van der Waals surface area contributed by atoms with Crippen molar-refractivity contribution >= 4 is 6.09 Å². The minimum atomic E-state index is -0.980. The summed E-state index contributed by atoms with van der Waals surface area (Å²) in [4.78, 5) is 10.2. The molecule has 1 aliphatic rings. The van der Waals surface area contributed by atoms with Crippen LogP contribution in [0.3, 0.4) is 0 Å². The first-order valence-corrected chi connectivity index (χ1v) is 4.92. The highest BCUT2D eigenvalue weighted by Gasteiger charge is 2.20. The molecule has 4 nitrogen and oxygen atoms in total. The number of amides is 1. The summed E-state index contributed by atoms with van der Waals surface area (Å²) >= 11 is 0. The van der Waals surface area contributed by atoms with E-state index in [2.05, 4.69) is 5.32 Å². The third-order valence-electron chi connectivity index (χ3n) is 2.74. The predicted molar refractivity (Wildman–Crippen MR) is 50.6 cm³/mol. The zero-order chi connectivity index (χ0) is 9.68. The maximum Gasteiger partial charge on any atom is 0.404 e. The van der Waals surface area contributed by atoms with Crippen molar-refractivity contribution in [2.75, 3.05) is 6.54 Å². The maximum atomic E-state index is 10.2. The Hall–Kier alpha value is -0.770. The summed E-state index contributed by atoms with van der Waals surface area (Å²) in [7, 11) is 0. The van der Waals surface area contributed by atoms with Gasteiger partial charge in [-0.25, -0.2) is 4.79 Å². The van der Waals surface area contributed by atoms with Crippen molar-refractivity contribution in [3.63, 3.8) is 0 Å². The molecule has 1 unspecified atom stereocenters. The molecule has 13 heavy (non-hydrogen) atoms. The number of nitrogens with one attached hydrogen (secondary N) is 1. The van der Waals surface area contributed by atoms with E-state index in [9.17, 15) is 4.79 Å². The fourth-order valence-electron chi connectivity index (χ4n) is 1.93. The van der Waals surface area contributed by atoms with Crippen LogP contribution in [-0.2, 0) is 0 Å². The molecule has 0 aromatic heterocycles. The van der Waals surface area contributed by atoms with E-state index in [1.807, 2.05) is 0 Å². The van der Waals surface area contributed by atoms with Gasteiger partial charge in [-0.3, -0.25) is 0 Å². The molecule has 1 aliphatic carbocycles. The molecule has 1 saturated carbocycles. The van der Waals surface area contributed by atoms with Gasteiger partial charge in [0.15, 0.2) is 0 Å². The number of nitrogens with two attached hydrogens (primary N) is 1. The average Bonchev–Trinajstić information content (AvgIpc) is 2.15. The van der Waals surface area contributed by atoms with Gasteiger partial charge >= 0.3 is 6.09 Å². The molecule has 4 N–H and O–H groups in total. The predicted octanol–water partition coefficient (Wildman–Crippen LogP) is 1.16. The van der Waals surface area contributed by atoms with E-state index in [0.717, 1.165) is 12.8 Å². The van der Waals surface area contributed by atoms with E-state index in [1.54, 1.807) is 0 Å². The highest BCUT2D eigenvalue weighted by molar-refractivity contribution is 5.64. The van der Waals surface area contributed by atoms with Crippen molar-refractivity contribution in [3.8, 4) is 0 Å². The van der Waals surface area contributed by atoms with Crippen LogP contribution in [0.2, 0.25) is 0 Å². The van der Waals surface area contributed by atoms with Gasteiger partial charge in [0.25, 0.3) is 0 Å². The Morgan fingerprint density at radius 3 is 2.62 bits per heavy atom. The molecule has 76 valence electrons. The zero-order valence-electron chi connectivity index (χ0n) is 7.83. The van der Waals surface area contributed by atoms with Gasteiger partial charge in [-0.2, -0.15) is 0 Å². The van der Waals surface area contributed by atoms with Crippen molar-refractivity contribution in [1.82, 2.24) is 5.32 Å². The lowest BCUT2D eigenvalue weighted by molar-refractivity contribution is 0.191. The summed E-state index contributed by atoms with van der Waals surface area (Å²) < 4.78 is 0. The van der Waals surface area contributed by atoms with Crippen LogP contribution in [-0.4, -0.2) is 23.8 Å². The van der Waals surface area contributed by atoms with Crippen molar-refractivity contribution < 1.29 is 9.90 Å². The molecule has 0 aromatic carbocycles. The van der Waals surface area contributed by atoms with Crippen LogP contribution < -0.4 is 11.1 Å². The summed E-state index contributed by atoms with van der Waals surface area (Å²) in [5.41, 5.74) is 5.87. The summed E-state index contributed by atoms with van der Waals surface area (Å²) in [5, 5.41) is 10.7. The third-order valence-corrected chi connectivity index (χ3v) is 2.74. The average molecular weight is 186 g/mol. The molecule has 0 aromatic rings. The molecule has 0 bridgehead atoms. The number of hydrogen-bond donors (Lipinski definition) is 3. The monoisotopic (exact) mass is 186 g/mol. The van der Waals surface area contributed by atoms with Crippen molar-refractivity contribution in [3.05, 3.63) is 0 Å². The van der Waals surface area contributed by atoms with E-state index in [4.69, 9.17) is 10.8 Å². The second-order valence-electron chi connectivity index (χ2n) is 3.75. The normalized spacial score (nSPS) is 21.0. The topological polar surface area (TPSA) is 75.3 Å². The summed E-state index contributed by atoms with van der Waals surface area (Å²) in [6.45, 7) is 0.389. The lowest BCUT2D eigenvalue weighted by atomic mass is 9.84. The smallest absolute Gasteiger partial charge is 0.404 e. The quantitative estimate of drug-likeness (QED) is 0.619. The van der Waals surface area contributed by atoms with E-state index >= 15 is 0 Å². The summed E-state index contributed by atoms with van der Waals surface area (Å²) in [6.07, 6.45) is 5.11. The highest BCUT2D eigenvalue weighted by atomic mass is 16.4. The molecule has 1 amide bonds. The number of hydrogen-bond acceptors (Lipinski definition) is 2. The van der Waals surface area contributed by atoms with Gasteiger partial charge in [0.05, 0.1) is 0 Å². The van der Waals surface area contributed by atoms with Gasteiger partial charge in [0.1, 0.15) is 0 Å². The lowest BCUT2D eigenvalue weighted by Gasteiger charge is -2.27. The van der Waals surface area contributed by atoms with E-state index in [0.29, 0.717) is 12.5 Å². The Kier molecular flexibility index (Phi) is 4.02. The van der Waals surface area contributed by atoms with Gasteiger partial charge < -0.3 is 16.2 Å². The summed E-state index contributed by atoms with van der Waals surface area (Å²) in [5.74, 6) is 0.514. The molecule has 0 radical (unpaired) electrons. The maximum absolute atomic E-state index is 10.2. The van der Waals surface area contributed by atoms with Crippen molar-refractivity contribution in [2.24, 2.45) is 11.7 Å². The molecule has 1 rings (SSSR count). The molecule has 0 spiro atoms. The summed E-state index contributed by atoms with van der Waals surface area (Å²) in [6, 6.07) is -0.00333. The van der Waals surface area contributed by atoms with E-state index < -0.39 is 6.09 Å². The van der Waals surface area contributed by atoms with Gasteiger partial charge in [0.2, 0.25) is 0 Å². The molecule has 1 atom stereocenters.